The summed E-state index contributed by atoms with van der Waals surface area (Å²) in [5.74, 6) is -2.20. The highest BCUT2D eigenvalue weighted by Crippen LogP contribution is 2.41. The molecule has 0 spiro atoms. The van der Waals surface area contributed by atoms with Gasteiger partial charge >= 0.3 is 5.97 Å². The third-order valence-corrected chi connectivity index (χ3v) is 7.02. The van der Waals surface area contributed by atoms with Gasteiger partial charge in [0.05, 0.1) is 0 Å². The second-order valence-electron chi connectivity index (χ2n) is 6.50. The topological polar surface area (TPSA) is 130 Å². The van der Waals surface area contributed by atoms with Crippen molar-refractivity contribution in [2.45, 2.75) is 16.6 Å². The summed E-state index contributed by atoms with van der Waals surface area (Å²) in [4.78, 5) is 38.1. The number of aliphatic carboxylic acids is 1. The van der Waals surface area contributed by atoms with Crippen molar-refractivity contribution < 1.29 is 23.9 Å². The van der Waals surface area contributed by atoms with Crippen molar-refractivity contribution in [3.63, 3.8) is 0 Å². The van der Waals surface area contributed by atoms with Crippen LogP contribution < -0.4 is 5.32 Å². The molecule has 2 aliphatic rings. The molecule has 30 heavy (non-hydrogen) atoms. The van der Waals surface area contributed by atoms with E-state index in [1.165, 1.54) is 51.3 Å². The number of hydrogen-bond acceptors (Lipinski definition) is 8. The Kier molecular flexibility index (Phi) is 5.47. The Bertz CT molecular complexity index is 1070. The van der Waals surface area contributed by atoms with Crippen molar-refractivity contribution >= 4 is 41.3 Å². The third kappa shape index (κ3) is 3.65. The van der Waals surface area contributed by atoms with E-state index in [0.29, 0.717) is 22.2 Å². The van der Waals surface area contributed by atoms with Crippen LogP contribution in [0.3, 0.4) is 0 Å². The molecule has 156 valence electrons. The van der Waals surface area contributed by atoms with Crippen molar-refractivity contribution in [2.24, 2.45) is 7.05 Å². The minimum Gasteiger partial charge on any atom is -0.477 e. The number of nitrogens with zero attached hydrogens (tertiary/aromatic N) is 5. The van der Waals surface area contributed by atoms with E-state index < -0.39 is 35.0 Å². The van der Waals surface area contributed by atoms with E-state index in [4.69, 9.17) is 0 Å². The van der Waals surface area contributed by atoms with Gasteiger partial charge in [0.2, 0.25) is 5.16 Å². The Morgan fingerprint density at radius 2 is 2.23 bits per heavy atom. The van der Waals surface area contributed by atoms with Crippen LogP contribution in [-0.4, -0.2) is 70.9 Å². The van der Waals surface area contributed by atoms with Crippen LogP contribution in [0.5, 0.6) is 0 Å². The first-order valence-electron chi connectivity index (χ1n) is 8.68. The van der Waals surface area contributed by atoms with Gasteiger partial charge in [0.15, 0.2) is 0 Å². The molecule has 0 bridgehead atoms. The van der Waals surface area contributed by atoms with E-state index in [-0.39, 0.29) is 11.3 Å². The van der Waals surface area contributed by atoms with Crippen molar-refractivity contribution in [1.29, 1.82) is 0 Å². The molecular formula is C17H15FN6O4S2. The number of carboxylic acid groups (broad SMARTS) is 1. The number of amides is 2. The zero-order valence-electron chi connectivity index (χ0n) is 15.5. The molecule has 0 aliphatic carbocycles. The zero-order valence-corrected chi connectivity index (χ0v) is 17.1. The van der Waals surface area contributed by atoms with Gasteiger partial charge in [-0.3, -0.25) is 14.5 Å². The molecule has 10 nitrogen and oxygen atoms in total. The summed E-state index contributed by atoms with van der Waals surface area (Å²) < 4.78 is 14.8. The number of nitrogens with one attached hydrogen (secondary N) is 1. The average molecular weight is 450 g/mol. The van der Waals surface area contributed by atoms with E-state index in [2.05, 4.69) is 20.8 Å². The van der Waals surface area contributed by atoms with E-state index in [1.54, 1.807) is 7.05 Å². The maximum atomic E-state index is 13.3. The molecule has 1 fully saturated rings. The Hall–Kier alpha value is -2.93. The van der Waals surface area contributed by atoms with Gasteiger partial charge in [0.1, 0.15) is 22.9 Å². The van der Waals surface area contributed by atoms with Crippen LogP contribution in [0.2, 0.25) is 0 Å². The molecule has 2 atom stereocenters. The summed E-state index contributed by atoms with van der Waals surface area (Å²) in [7, 11) is 1.67. The number of rotatable bonds is 6. The molecule has 0 saturated carbocycles. The molecule has 1 aromatic carbocycles. The predicted octanol–water partition coefficient (Wildman–Crippen LogP) is 0.494. The van der Waals surface area contributed by atoms with Crippen LogP contribution in [0.15, 0.2) is 40.7 Å². The first-order chi connectivity index (χ1) is 14.4. The fraction of sp³-hybridized carbons (Fsp3) is 0.294. The van der Waals surface area contributed by atoms with Gasteiger partial charge in [-0.2, -0.15) is 0 Å². The summed E-state index contributed by atoms with van der Waals surface area (Å²) in [5, 5.41) is 23.4. The highest BCUT2D eigenvalue weighted by molar-refractivity contribution is 8.01. The number of halogens is 1. The number of aryl methyl sites for hydroxylation is 1. The van der Waals surface area contributed by atoms with Gasteiger partial charge in [-0.05, 0) is 34.2 Å². The first-order valence-corrected chi connectivity index (χ1v) is 10.7. The van der Waals surface area contributed by atoms with E-state index in [9.17, 15) is 23.9 Å². The van der Waals surface area contributed by atoms with Gasteiger partial charge in [0, 0.05) is 24.1 Å². The van der Waals surface area contributed by atoms with E-state index >= 15 is 0 Å². The van der Waals surface area contributed by atoms with Crippen LogP contribution >= 0.6 is 23.5 Å². The van der Waals surface area contributed by atoms with Gasteiger partial charge in [-0.25, -0.2) is 13.9 Å². The van der Waals surface area contributed by atoms with Crippen LogP contribution in [0.25, 0.3) is 0 Å². The number of β-lactam (4-membered cyclic amide) rings is 1. The number of carbonyl (C=O) groups is 3. The molecule has 3 heterocycles. The summed E-state index contributed by atoms with van der Waals surface area (Å²) in [6.45, 7) is 0. The minimum atomic E-state index is -1.21. The lowest BCUT2D eigenvalue weighted by atomic mass is 10.0. The SMILES string of the molecule is Cn1nnnc1SCC1=C(C(=O)O)N2C(=O)[C@H](NC(=O)c3cccc(F)c3)[C@@H]2SC1. The number of carbonyl (C=O) groups excluding carboxylic acids is 2. The standard InChI is InChI=1S/C17H15FN6O4S2/c1-23-17(20-21-22-23)30-7-9-6-29-15-11(14(26)24(15)12(9)16(27)28)19-13(25)8-3-2-4-10(18)5-8/h2-5,11,15H,6-7H2,1H3,(H,19,25)(H,27,28)/t11-,15-/m0/s1. The minimum absolute atomic E-state index is 0.0809. The van der Waals surface area contributed by atoms with Crippen LogP contribution in [-0.2, 0) is 16.6 Å². The summed E-state index contributed by atoms with van der Waals surface area (Å²) >= 11 is 2.63. The average Bonchev–Trinajstić information content (AvgIpc) is 3.14. The number of aromatic nitrogens is 4. The fourth-order valence-electron chi connectivity index (χ4n) is 3.14. The highest BCUT2D eigenvalue weighted by Gasteiger charge is 2.54. The van der Waals surface area contributed by atoms with Gasteiger partial charge < -0.3 is 10.4 Å². The number of fused-ring (bicyclic) bond motifs is 1. The number of carboxylic acids is 1. The number of tetrazole rings is 1. The Balaban J connectivity index is 1.49. The molecule has 1 aromatic heterocycles. The third-order valence-electron chi connectivity index (χ3n) is 4.58. The normalized spacial score (nSPS) is 20.6. The van der Waals surface area contributed by atoms with E-state index in [1.807, 2.05) is 0 Å². The largest absolute Gasteiger partial charge is 0.477 e. The van der Waals surface area contributed by atoms with E-state index in [0.717, 1.165) is 6.07 Å². The van der Waals surface area contributed by atoms with Crippen molar-refractivity contribution in [1.82, 2.24) is 30.4 Å². The number of thioether (sulfide) groups is 2. The van der Waals surface area contributed by atoms with Gasteiger partial charge in [0.25, 0.3) is 11.8 Å². The number of hydrogen-bond donors (Lipinski definition) is 2. The molecule has 0 unspecified atom stereocenters. The predicted molar refractivity (Wildman–Crippen MR) is 105 cm³/mol. The lowest BCUT2D eigenvalue weighted by Gasteiger charge is -2.49. The monoisotopic (exact) mass is 450 g/mol. The smallest absolute Gasteiger partial charge is 0.352 e. The Morgan fingerprint density at radius 1 is 1.43 bits per heavy atom. The lowest BCUT2D eigenvalue weighted by Crippen LogP contribution is -2.70. The molecule has 2 aliphatic heterocycles. The van der Waals surface area contributed by atoms with Crippen molar-refractivity contribution in [2.75, 3.05) is 11.5 Å². The quantitative estimate of drug-likeness (QED) is 0.477. The fourth-order valence-corrected chi connectivity index (χ4v) is 5.48. The second-order valence-corrected chi connectivity index (χ2v) is 8.55. The molecule has 2 amide bonds. The van der Waals surface area contributed by atoms with Crippen molar-refractivity contribution in [3.05, 3.63) is 46.9 Å². The highest BCUT2D eigenvalue weighted by atomic mass is 32.2. The summed E-state index contributed by atoms with van der Waals surface area (Å²) in [6, 6.07) is 4.24. The molecule has 0 radical (unpaired) electrons. The summed E-state index contributed by atoms with van der Waals surface area (Å²) in [5.41, 5.74) is 0.577. The number of benzene rings is 1. The van der Waals surface area contributed by atoms with Crippen molar-refractivity contribution in [3.8, 4) is 0 Å². The Labute approximate surface area is 177 Å². The molecule has 1 saturated heterocycles. The van der Waals surface area contributed by atoms with Crippen LogP contribution in [0.1, 0.15) is 10.4 Å². The maximum Gasteiger partial charge on any atom is 0.352 e. The second kappa shape index (κ2) is 8.07. The molecule has 2 N–H and O–H groups in total. The maximum absolute atomic E-state index is 13.3. The first kappa shape index (κ1) is 20.3. The summed E-state index contributed by atoms with van der Waals surface area (Å²) in [6.07, 6.45) is 0. The Morgan fingerprint density at radius 3 is 2.90 bits per heavy atom. The molecule has 13 heteroatoms. The molecule has 2 aromatic rings. The van der Waals surface area contributed by atoms with Crippen LogP contribution in [0.4, 0.5) is 4.39 Å². The molecule has 4 rings (SSSR count). The van der Waals surface area contributed by atoms with Crippen LogP contribution in [0, 0.1) is 5.82 Å². The van der Waals surface area contributed by atoms with Gasteiger partial charge in [-0.15, -0.1) is 16.9 Å². The lowest BCUT2D eigenvalue weighted by molar-refractivity contribution is -0.148. The zero-order chi connectivity index (χ0) is 21.4. The van der Waals surface area contributed by atoms with Gasteiger partial charge in [-0.1, -0.05) is 17.8 Å². The molecular weight excluding hydrogens is 435 g/mol.